The molecule has 0 fully saturated rings. The van der Waals surface area contributed by atoms with Gasteiger partial charge in [-0.1, -0.05) is 36.4 Å². The van der Waals surface area contributed by atoms with Gasteiger partial charge in [0.15, 0.2) is 0 Å². The molecule has 0 amide bonds. The third kappa shape index (κ3) is 1.98. The van der Waals surface area contributed by atoms with Crippen LogP contribution in [0, 0.1) is 0 Å². The highest BCUT2D eigenvalue weighted by Crippen LogP contribution is 2.33. The van der Waals surface area contributed by atoms with Crippen molar-refractivity contribution in [1.29, 1.82) is 0 Å². The zero-order valence-corrected chi connectivity index (χ0v) is 9.81. The molecule has 0 saturated carbocycles. The number of fused-ring (bicyclic) bond motifs is 1. The van der Waals surface area contributed by atoms with Crippen LogP contribution in [0.15, 0.2) is 48.5 Å². The van der Waals surface area contributed by atoms with E-state index >= 15 is 0 Å². The van der Waals surface area contributed by atoms with Crippen molar-refractivity contribution in [2.75, 3.05) is 11.9 Å². The van der Waals surface area contributed by atoms with E-state index in [1.54, 1.807) is 0 Å². The van der Waals surface area contributed by atoms with Crippen LogP contribution >= 0.6 is 0 Å². The Balaban J connectivity index is 1.99. The van der Waals surface area contributed by atoms with Gasteiger partial charge in [0.1, 0.15) is 11.9 Å². The predicted octanol–water partition coefficient (Wildman–Crippen LogP) is 3.55. The van der Waals surface area contributed by atoms with Gasteiger partial charge >= 0.3 is 0 Å². The van der Waals surface area contributed by atoms with Crippen molar-refractivity contribution in [2.24, 2.45) is 0 Å². The number of rotatable bonds is 1. The fraction of sp³-hybridized carbons (Fsp3) is 0.200. The lowest BCUT2D eigenvalue weighted by Crippen LogP contribution is -2.27. The summed E-state index contributed by atoms with van der Waals surface area (Å²) in [5, 5.41) is 3.40. The average molecular weight is 225 g/mol. The summed E-state index contributed by atoms with van der Waals surface area (Å²) in [4.78, 5) is 0. The quantitative estimate of drug-likeness (QED) is 0.801. The summed E-state index contributed by atoms with van der Waals surface area (Å²) in [6, 6.07) is 16.7. The highest BCUT2D eigenvalue weighted by molar-refractivity contribution is 5.72. The summed E-state index contributed by atoms with van der Waals surface area (Å²) in [5.74, 6) is 0.948. The molecule has 0 aliphatic carbocycles. The van der Waals surface area contributed by atoms with E-state index in [9.17, 15) is 0 Å². The second-order valence-corrected chi connectivity index (χ2v) is 4.39. The van der Waals surface area contributed by atoms with Crippen LogP contribution in [-0.2, 0) is 0 Å². The lowest BCUT2D eigenvalue weighted by atomic mass is 10.0. The Bertz CT molecular complexity index is 522. The van der Waals surface area contributed by atoms with Crippen molar-refractivity contribution < 1.29 is 4.74 Å². The number of benzene rings is 2. The summed E-state index contributed by atoms with van der Waals surface area (Å²) in [6.45, 7) is 2.94. The Morgan fingerprint density at radius 1 is 1.06 bits per heavy atom. The molecule has 2 heteroatoms. The van der Waals surface area contributed by atoms with Crippen LogP contribution in [0.4, 0.5) is 5.69 Å². The number of ether oxygens (including phenoxy) is 1. The summed E-state index contributed by atoms with van der Waals surface area (Å²) >= 11 is 0. The van der Waals surface area contributed by atoms with Crippen molar-refractivity contribution in [3.63, 3.8) is 0 Å². The lowest BCUT2D eigenvalue weighted by Gasteiger charge is -2.25. The van der Waals surface area contributed by atoms with E-state index in [1.807, 2.05) is 12.1 Å². The molecule has 86 valence electrons. The number of nitrogens with one attached hydrogen (secondary N) is 1. The summed E-state index contributed by atoms with van der Waals surface area (Å²) in [6.07, 6.45) is 0.241. The van der Waals surface area contributed by atoms with Gasteiger partial charge in [-0.2, -0.15) is 0 Å². The minimum Gasteiger partial charge on any atom is -0.487 e. The molecular formula is C15H15NO. The van der Waals surface area contributed by atoms with Crippen molar-refractivity contribution in [3.8, 4) is 16.9 Å². The zero-order chi connectivity index (χ0) is 11.7. The fourth-order valence-electron chi connectivity index (χ4n) is 2.09. The molecule has 2 aromatic rings. The maximum atomic E-state index is 5.76. The van der Waals surface area contributed by atoms with Crippen LogP contribution in [0.3, 0.4) is 0 Å². The molecule has 0 bridgehead atoms. The van der Waals surface area contributed by atoms with Crippen molar-refractivity contribution in [1.82, 2.24) is 0 Å². The largest absolute Gasteiger partial charge is 0.487 e. The smallest absolute Gasteiger partial charge is 0.142 e. The van der Waals surface area contributed by atoms with Gasteiger partial charge in [0.05, 0.1) is 12.2 Å². The molecular weight excluding hydrogens is 210 g/mol. The molecule has 0 radical (unpaired) electrons. The first-order valence-corrected chi connectivity index (χ1v) is 5.93. The Kier molecular flexibility index (Phi) is 2.48. The van der Waals surface area contributed by atoms with Crippen molar-refractivity contribution in [2.45, 2.75) is 13.0 Å². The average Bonchev–Trinajstić information content (AvgIpc) is 2.39. The van der Waals surface area contributed by atoms with E-state index in [4.69, 9.17) is 4.74 Å². The standard InChI is InChI=1S/C15H15NO/c1-11-10-16-14-9-13(7-8-15(14)17-11)12-5-3-2-4-6-12/h2-9,11,16H,10H2,1H3. The molecule has 1 aliphatic rings. The molecule has 1 heterocycles. The lowest BCUT2D eigenvalue weighted by molar-refractivity contribution is 0.226. The second-order valence-electron chi connectivity index (χ2n) is 4.39. The maximum absolute atomic E-state index is 5.76. The number of anilines is 1. The van der Waals surface area contributed by atoms with Gasteiger partial charge in [0, 0.05) is 0 Å². The Morgan fingerprint density at radius 3 is 2.71 bits per heavy atom. The highest BCUT2D eigenvalue weighted by atomic mass is 16.5. The minimum absolute atomic E-state index is 0.241. The second kappa shape index (κ2) is 4.13. The first-order valence-electron chi connectivity index (χ1n) is 5.93. The highest BCUT2D eigenvalue weighted by Gasteiger charge is 2.15. The third-order valence-corrected chi connectivity index (χ3v) is 2.99. The van der Waals surface area contributed by atoms with E-state index in [1.165, 1.54) is 11.1 Å². The van der Waals surface area contributed by atoms with Gasteiger partial charge in [-0.05, 0) is 30.2 Å². The van der Waals surface area contributed by atoms with Gasteiger partial charge in [0.25, 0.3) is 0 Å². The molecule has 1 atom stereocenters. The maximum Gasteiger partial charge on any atom is 0.142 e. The van der Waals surface area contributed by atoms with E-state index < -0.39 is 0 Å². The molecule has 0 aromatic heterocycles. The van der Waals surface area contributed by atoms with E-state index in [-0.39, 0.29) is 6.10 Å². The SMILES string of the molecule is CC1CNc2cc(-c3ccccc3)ccc2O1. The summed E-state index contributed by atoms with van der Waals surface area (Å²) in [5.41, 5.74) is 3.54. The molecule has 2 aromatic carbocycles. The molecule has 1 N–H and O–H groups in total. The van der Waals surface area contributed by atoms with Crippen molar-refractivity contribution >= 4 is 5.69 Å². The van der Waals surface area contributed by atoms with Crippen LogP contribution < -0.4 is 10.1 Å². The molecule has 1 unspecified atom stereocenters. The molecule has 2 nitrogen and oxygen atoms in total. The van der Waals surface area contributed by atoms with Crippen LogP contribution in [0.5, 0.6) is 5.75 Å². The van der Waals surface area contributed by atoms with Gasteiger partial charge < -0.3 is 10.1 Å². The molecule has 0 saturated heterocycles. The monoisotopic (exact) mass is 225 g/mol. The zero-order valence-electron chi connectivity index (χ0n) is 9.81. The molecule has 0 spiro atoms. The fourth-order valence-corrected chi connectivity index (χ4v) is 2.09. The normalized spacial score (nSPS) is 17.8. The van der Waals surface area contributed by atoms with Crippen LogP contribution in [-0.4, -0.2) is 12.6 Å². The number of hydrogen-bond acceptors (Lipinski definition) is 2. The van der Waals surface area contributed by atoms with Gasteiger partial charge in [-0.15, -0.1) is 0 Å². The van der Waals surface area contributed by atoms with Crippen molar-refractivity contribution in [3.05, 3.63) is 48.5 Å². The van der Waals surface area contributed by atoms with Crippen LogP contribution in [0.25, 0.3) is 11.1 Å². The van der Waals surface area contributed by atoms with Gasteiger partial charge in [-0.25, -0.2) is 0 Å². The molecule has 17 heavy (non-hydrogen) atoms. The molecule has 3 rings (SSSR count). The molecule has 1 aliphatic heterocycles. The topological polar surface area (TPSA) is 21.3 Å². The third-order valence-electron chi connectivity index (χ3n) is 2.99. The summed E-state index contributed by atoms with van der Waals surface area (Å²) in [7, 11) is 0. The summed E-state index contributed by atoms with van der Waals surface area (Å²) < 4.78 is 5.76. The van der Waals surface area contributed by atoms with E-state index in [2.05, 4.69) is 48.6 Å². The van der Waals surface area contributed by atoms with Gasteiger partial charge in [0.2, 0.25) is 0 Å². The van der Waals surface area contributed by atoms with E-state index in [0.29, 0.717) is 0 Å². The van der Waals surface area contributed by atoms with E-state index in [0.717, 1.165) is 18.0 Å². The van der Waals surface area contributed by atoms with Crippen LogP contribution in [0.2, 0.25) is 0 Å². The Morgan fingerprint density at radius 2 is 1.88 bits per heavy atom. The minimum atomic E-state index is 0.241. The number of hydrogen-bond donors (Lipinski definition) is 1. The predicted molar refractivity (Wildman–Crippen MR) is 70.5 cm³/mol. The van der Waals surface area contributed by atoms with Crippen LogP contribution in [0.1, 0.15) is 6.92 Å². The Hall–Kier alpha value is -1.96. The Labute approximate surface area is 101 Å². The first-order chi connectivity index (χ1) is 8.33. The first kappa shape index (κ1) is 10.2. The van der Waals surface area contributed by atoms with Gasteiger partial charge in [-0.3, -0.25) is 0 Å².